The van der Waals surface area contributed by atoms with Gasteiger partial charge in [0.05, 0.1) is 5.56 Å². The minimum absolute atomic E-state index is 0.0400. The van der Waals surface area contributed by atoms with Crippen LogP contribution in [0.2, 0.25) is 5.02 Å². The van der Waals surface area contributed by atoms with Crippen molar-refractivity contribution in [1.82, 2.24) is 5.32 Å². The average Bonchev–Trinajstić information content (AvgIpc) is 2.29. The summed E-state index contributed by atoms with van der Waals surface area (Å²) in [6, 6.07) is 3.81. The minimum atomic E-state index is -0.578. The zero-order chi connectivity index (χ0) is 12.8. The third-order valence-electron chi connectivity index (χ3n) is 2.31. The molecule has 0 fully saturated rings. The first-order chi connectivity index (χ1) is 8.04. The molecular formula is C12H15ClFNO2. The Hall–Kier alpha value is -1.13. The third kappa shape index (κ3) is 4.32. The molecule has 94 valence electrons. The molecule has 0 saturated carbocycles. The van der Waals surface area contributed by atoms with E-state index in [1.54, 1.807) is 7.11 Å². The van der Waals surface area contributed by atoms with E-state index in [1.807, 2.05) is 6.92 Å². The molecule has 1 aromatic carbocycles. The summed E-state index contributed by atoms with van der Waals surface area (Å²) in [4.78, 5) is 11.7. The van der Waals surface area contributed by atoms with Gasteiger partial charge in [0, 0.05) is 24.8 Å². The number of hydrogen-bond donors (Lipinski definition) is 1. The van der Waals surface area contributed by atoms with Crippen molar-refractivity contribution in [2.75, 3.05) is 13.7 Å². The van der Waals surface area contributed by atoms with E-state index in [4.69, 9.17) is 16.3 Å². The van der Waals surface area contributed by atoms with Crippen LogP contribution in [0, 0.1) is 5.82 Å². The van der Waals surface area contributed by atoms with Crippen molar-refractivity contribution in [1.29, 1.82) is 0 Å². The number of ether oxygens (including phenoxy) is 1. The maximum atomic E-state index is 13.4. The Labute approximate surface area is 105 Å². The zero-order valence-electron chi connectivity index (χ0n) is 9.80. The predicted octanol–water partition coefficient (Wildman–Crippen LogP) is 2.63. The van der Waals surface area contributed by atoms with E-state index in [1.165, 1.54) is 18.2 Å². The fourth-order valence-corrected chi connectivity index (χ4v) is 1.51. The topological polar surface area (TPSA) is 38.3 Å². The molecular weight excluding hydrogens is 245 g/mol. The van der Waals surface area contributed by atoms with Gasteiger partial charge in [-0.05, 0) is 31.5 Å². The molecule has 0 bridgehead atoms. The number of methoxy groups -OCH3 is 1. The third-order valence-corrected chi connectivity index (χ3v) is 2.54. The van der Waals surface area contributed by atoms with Crippen LogP contribution in [0.1, 0.15) is 23.7 Å². The van der Waals surface area contributed by atoms with Gasteiger partial charge in [-0.3, -0.25) is 4.79 Å². The van der Waals surface area contributed by atoms with Gasteiger partial charge in [0.15, 0.2) is 0 Å². The highest BCUT2D eigenvalue weighted by Crippen LogP contribution is 2.15. The van der Waals surface area contributed by atoms with Crippen LogP contribution in [-0.4, -0.2) is 25.7 Å². The lowest BCUT2D eigenvalue weighted by molar-refractivity contribution is 0.0925. The number of nitrogens with one attached hydrogen (secondary N) is 1. The maximum absolute atomic E-state index is 13.4. The standard InChI is InChI=1S/C12H15ClFNO2/c1-8(5-6-17-2)15-12(16)10-7-9(13)3-4-11(10)14/h3-4,7-8H,5-6H2,1-2H3,(H,15,16). The number of halogens is 2. The summed E-state index contributed by atoms with van der Waals surface area (Å²) in [6.45, 7) is 2.37. The monoisotopic (exact) mass is 259 g/mol. The second kappa shape index (κ2) is 6.57. The lowest BCUT2D eigenvalue weighted by Gasteiger charge is -2.13. The Morgan fingerprint density at radius 2 is 2.29 bits per heavy atom. The SMILES string of the molecule is COCCC(C)NC(=O)c1cc(Cl)ccc1F. The normalized spacial score (nSPS) is 12.2. The number of hydrogen-bond acceptors (Lipinski definition) is 2. The van der Waals surface area contributed by atoms with Crippen LogP contribution < -0.4 is 5.32 Å². The zero-order valence-corrected chi connectivity index (χ0v) is 10.6. The average molecular weight is 260 g/mol. The molecule has 17 heavy (non-hydrogen) atoms. The van der Waals surface area contributed by atoms with Crippen LogP contribution in [0.25, 0.3) is 0 Å². The number of carbonyl (C=O) groups excluding carboxylic acids is 1. The molecule has 5 heteroatoms. The Morgan fingerprint density at radius 3 is 2.94 bits per heavy atom. The molecule has 0 aromatic heterocycles. The van der Waals surface area contributed by atoms with E-state index >= 15 is 0 Å². The largest absolute Gasteiger partial charge is 0.385 e. The van der Waals surface area contributed by atoms with Gasteiger partial charge >= 0.3 is 0 Å². The summed E-state index contributed by atoms with van der Waals surface area (Å²) in [7, 11) is 1.59. The lowest BCUT2D eigenvalue weighted by Crippen LogP contribution is -2.33. The van der Waals surface area contributed by atoms with Gasteiger partial charge in [-0.1, -0.05) is 11.6 Å². The van der Waals surface area contributed by atoms with Crippen molar-refractivity contribution >= 4 is 17.5 Å². The van der Waals surface area contributed by atoms with E-state index in [0.717, 1.165) is 0 Å². The number of rotatable bonds is 5. The van der Waals surface area contributed by atoms with Crippen molar-refractivity contribution in [2.45, 2.75) is 19.4 Å². The number of carbonyl (C=O) groups is 1. The van der Waals surface area contributed by atoms with Crippen molar-refractivity contribution in [3.63, 3.8) is 0 Å². The molecule has 3 nitrogen and oxygen atoms in total. The van der Waals surface area contributed by atoms with Gasteiger partial charge in [0.1, 0.15) is 5.82 Å². The second-order valence-electron chi connectivity index (χ2n) is 3.78. The minimum Gasteiger partial charge on any atom is -0.385 e. The second-order valence-corrected chi connectivity index (χ2v) is 4.22. The molecule has 1 amide bonds. The predicted molar refractivity (Wildman–Crippen MR) is 64.8 cm³/mol. The molecule has 1 atom stereocenters. The van der Waals surface area contributed by atoms with Gasteiger partial charge in [-0.25, -0.2) is 4.39 Å². The molecule has 1 aromatic rings. The van der Waals surface area contributed by atoms with E-state index in [0.29, 0.717) is 18.1 Å². The number of benzene rings is 1. The molecule has 0 aliphatic carbocycles. The highest BCUT2D eigenvalue weighted by atomic mass is 35.5. The highest BCUT2D eigenvalue weighted by molar-refractivity contribution is 6.30. The van der Waals surface area contributed by atoms with Crippen molar-refractivity contribution in [2.24, 2.45) is 0 Å². The first kappa shape index (κ1) is 13.9. The quantitative estimate of drug-likeness (QED) is 0.883. The van der Waals surface area contributed by atoms with Crippen LogP contribution >= 0.6 is 11.6 Å². The summed E-state index contributed by atoms with van der Waals surface area (Å²) < 4.78 is 18.3. The van der Waals surface area contributed by atoms with E-state index in [2.05, 4.69) is 5.32 Å². The molecule has 0 aliphatic rings. The highest BCUT2D eigenvalue weighted by Gasteiger charge is 2.14. The van der Waals surface area contributed by atoms with Crippen LogP contribution in [0.3, 0.4) is 0 Å². The summed E-state index contributed by atoms with van der Waals surface area (Å²) in [5, 5.41) is 3.02. The smallest absolute Gasteiger partial charge is 0.254 e. The van der Waals surface area contributed by atoms with E-state index in [9.17, 15) is 9.18 Å². The summed E-state index contributed by atoms with van der Waals surface area (Å²) in [6.07, 6.45) is 0.671. The Bertz CT molecular complexity index is 398. The first-order valence-electron chi connectivity index (χ1n) is 5.29. The van der Waals surface area contributed by atoms with Crippen LogP contribution in [0.4, 0.5) is 4.39 Å². The summed E-state index contributed by atoms with van der Waals surface area (Å²) >= 11 is 5.71. The maximum Gasteiger partial charge on any atom is 0.254 e. The van der Waals surface area contributed by atoms with Gasteiger partial charge in [-0.15, -0.1) is 0 Å². The first-order valence-corrected chi connectivity index (χ1v) is 5.67. The fourth-order valence-electron chi connectivity index (χ4n) is 1.34. The number of amides is 1. The molecule has 0 spiro atoms. The Kier molecular flexibility index (Phi) is 5.38. The van der Waals surface area contributed by atoms with Crippen LogP contribution in [-0.2, 0) is 4.74 Å². The van der Waals surface area contributed by atoms with Gasteiger partial charge < -0.3 is 10.1 Å². The van der Waals surface area contributed by atoms with E-state index < -0.39 is 11.7 Å². The molecule has 1 unspecified atom stereocenters. The molecule has 0 saturated heterocycles. The van der Waals surface area contributed by atoms with Crippen molar-refractivity contribution in [3.8, 4) is 0 Å². The molecule has 0 radical (unpaired) electrons. The van der Waals surface area contributed by atoms with Crippen LogP contribution in [0.5, 0.6) is 0 Å². The Balaban J connectivity index is 2.66. The van der Waals surface area contributed by atoms with Crippen LogP contribution in [0.15, 0.2) is 18.2 Å². The van der Waals surface area contributed by atoms with Gasteiger partial charge in [0.2, 0.25) is 0 Å². The molecule has 1 rings (SSSR count). The van der Waals surface area contributed by atoms with Crippen molar-refractivity contribution in [3.05, 3.63) is 34.6 Å². The van der Waals surface area contributed by atoms with E-state index in [-0.39, 0.29) is 11.6 Å². The summed E-state index contributed by atoms with van der Waals surface area (Å²) in [5.74, 6) is -1.04. The fraction of sp³-hybridized carbons (Fsp3) is 0.417. The van der Waals surface area contributed by atoms with Crippen molar-refractivity contribution < 1.29 is 13.9 Å². The lowest BCUT2D eigenvalue weighted by atomic mass is 10.1. The molecule has 0 heterocycles. The van der Waals surface area contributed by atoms with Gasteiger partial charge in [0.25, 0.3) is 5.91 Å². The Morgan fingerprint density at radius 1 is 1.59 bits per heavy atom. The molecule has 0 aliphatic heterocycles. The summed E-state index contributed by atoms with van der Waals surface area (Å²) in [5.41, 5.74) is -0.0400. The molecule has 1 N–H and O–H groups in total. The van der Waals surface area contributed by atoms with Gasteiger partial charge in [-0.2, -0.15) is 0 Å².